The zero-order valence-corrected chi connectivity index (χ0v) is 15.0. The van der Waals surface area contributed by atoms with E-state index in [9.17, 15) is 14.4 Å². The van der Waals surface area contributed by atoms with Gasteiger partial charge in [0.25, 0.3) is 0 Å². The van der Waals surface area contributed by atoms with Gasteiger partial charge in [-0.05, 0) is 51.9 Å². The molecule has 5 atom stereocenters. The first-order valence-electron chi connectivity index (χ1n) is 9.01. The summed E-state index contributed by atoms with van der Waals surface area (Å²) in [5.41, 5.74) is -0.624. The van der Waals surface area contributed by atoms with Crippen molar-refractivity contribution < 1.29 is 33.3 Å². The molecule has 0 radical (unpaired) electrons. The van der Waals surface area contributed by atoms with Crippen LogP contribution in [0.5, 0.6) is 0 Å². The summed E-state index contributed by atoms with van der Waals surface area (Å²) in [6, 6.07) is 0. The van der Waals surface area contributed by atoms with Gasteiger partial charge >= 0.3 is 18.1 Å². The number of carbonyl (C=O) groups excluding carboxylic acids is 3. The van der Waals surface area contributed by atoms with E-state index >= 15 is 0 Å². The van der Waals surface area contributed by atoms with Gasteiger partial charge in [-0.3, -0.25) is 9.59 Å². The average molecular weight is 354 g/mol. The second-order valence-corrected chi connectivity index (χ2v) is 8.01. The molecule has 7 nitrogen and oxygen atoms in total. The van der Waals surface area contributed by atoms with E-state index in [0.717, 1.165) is 19.3 Å². The van der Waals surface area contributed by atoms with Crippen molar-refractivity contribution in [2.45, 2.75) is 65.1 Å². The molecule has 0 aromatic rings. The van der Waals surface area contributed by atoms with Crippen molar-refractivity contribution >= 4 is 18.1 Å². The molecule has 0 amide bonds. The third kappa shape index (κ3) is 3.75. The molecule has 2 saturated heterocycles. The van der Waals surface area contributed by atoms with Crippen LogP contribution in [0.3, 0.4) is 0 Å². The van der Waals surface area contributed by atoms with Gasteiger partial charge in [-0.1, -0.05) is 6.92 Å². The van der Waals surface area contributed by atoms with Crippen LogP contribution in [0.1, 0.15) is 52.9 Å². The highest BCUT2D eigenvalue weighted by molar-refractivity contribution is 5.76. The van der Waals surface area contributed by atoms with Crippen LogP contribution in [0, 0.1) is 23.2 Å². The Hall–Kier alpha value is -1.79. The Morgan fingerprint density at radius 2 is 1.92 bits per heavy atom. The van der Waals surface area contributed by atoms with Crippen LogP contribution >= 0.6 is 0 Å². The van der Waals surface area contributed by atoms with Gasteiger partial charge in [-0.2, -0.15) is 0 Å². The molecule has 5 unspecified atom stereocenters. The third-order valence-electron chi connectivity index (χ3n) is 5.87. The Morgan fingerprint density at radius 1 is 1.16 bits per heavy atom. The third-order valence-corrected chi connectivity index (χ3v) is 5.87. The Kier molecular flexibility index (Phi) is 4.93. The van der Waals surface area contributed by atoms with E-state index in [1.54, 1.807) is 13.8 Å². The minimum absolute atomic E-state index is 0.0735. The molecule has 7 heteroatoms. The van der Waals surface area contributed by atoms with Gasteiger partial charge in [-0.25, -0.2) is 4.79 Å². The van der Waals surface area contributed by atoms with Gasteiger partial charge in [-0.15, -0.1) is 0 Å². The van der Waals surface area contributed by atoms with Crippen molar-refractivity contribution in [3.63, 3.8) is 0 Å². The van der Waals surface area contributed by atoms with Crippen LogP contribution in [0.25, 0.3) is 0 Å². The van der Waals surface area contributed by atoms with Crippen molar-refractivity contribution in [3.8, 4) is 0 Å². The van der Waals surface area contributed by atoms with E-state index in [2.05, 4.69) is 0 Å². The predicted octanol–water partition coefficient (Wildman–Crippen LogP) is 2.81. The van der Waals surface area contributed by atoms with E-state index < -0.39 is 36.5 Å². The standard InChI is InChI=1S/C18H26O7/c1-4-18(2,3)16(20)22-9-23-17(21)25-14-11-5-10-6-12(8-11)15(19)24-13(14)7-10/h10-14H,4-9H2,1-3H3. The van der Waals surface area contributed by atoms with Crippen LogP contribution in [-0.4, -0.2) is 37.1 Å². The van der Waals surface area contributed by atoms with Crippen LogP contribution < -0.4 is 0 Å². The fraction of sp³-hybridized carbons (Fsp3) is 0.833. The molecular weight excluding hydrogens is 328 g/mol. The molecule has 2 aliphatic carbocycles. The topological polar surface area (TPSA) is 88.1 Å². The quantitative estimate of drug-likeness (QED) is 0.426. The maximum absolute atomic E-state index is 12.0. The van der Waals surface area contributed by atoms with Crippen molar-refractivity contribution in [2.24, 2.45) is 23.2 Å². The smallest absolute Gasteiger partial charge is 0.458 e. The van der Waals surface area contributed by atoms with Crippen LogP contribution in [-0.2, 0) is 28.5 Å². The summed E-state index contributed by atoms with van der Waals surface area (Å²) < 4.78 is 20.8. The summed E-state index contributed by atoms with van der Waals surface area (Å²) in [5, 5.41) is 0. The lowest BCUT2D eigenvalue weighted by atomic mass is 9.67. The minimum Gasteiger partial charge on any atom is -0.458 e. The number of ether oxygens (including phenoxy) is 4. The summed E-state index contributed by atoms with van der Waals surface area (Å²) >= 11 is 0. The molecule has 0 spiro atoms. The number of hydrogen-bond donors (Lipinski definition) is 0. The van der Waals surface area contributed by atoms with Crippen LogP contribution in [0.4, 0.5) is 4.79 Å². The fourth-order valence-corrected chi connectivity index (χ4v) is 4.05. The van der Waals surface area contributed by atoms with Crippen molar-refractivity contribution in [1.82, 2.24) is 0 Å². The second kappa shape index (κ2) is 6.84. The van der Waals surface area contributed by atoms with Crippen molar-refractivity contribution in [1.29, 1.82) is 0 Å². The molecule has 0 N–H and O–H groups in total. The first-order chi connectivity index (χ1) is 11.8. The van der Waals surface area contributed by atoms with Gasteiger partial charge in [0.05, 0.1) is 11.3 Å². The van der Waals surface area contributed by atoms with Crippen molar-refractivity contribution in [3.05, 3.63) is 0 Å². The highest BCUT2D eigenvalue weighted by Crippen LogP contribution is 2.48. The second-order valence-electron chi connectivity index (χ2n) is 8.01. The van der Waals surface area contributed by atoms with Gasteiger partial charge in [0.2, 0.25) is 6.79 Å². The monoisotopic (exact) mass is 354 g/mol. The number of hydrogen-bond acceptors (Lipinski definition) is 7. The van der Waals surface area contributed by atoms with E-state index in [4.69, 9.17) is 18.9 Å². The molecule has 2 saturated carbocycles. The van der Waals surface area contributed by atoms with Crippen LogP contribution in [0.2, 0.25) is 0 Å². The zero-order chi connectivity index (χ0) is 18.2. The number of fused-ring (bicyclic) bond motifs is 1. The predicted molar refractivity (Wildman–Crippen MR) is 85.2 cm³/mol. The normalized spacial score (nSPS) is 33.4. The zero-order valence-electron chi connectivity index (χ0n) is 15.0. The first kappa shape index (κ1) is 18.0. The molecule has 0 aromatic heterocycles. The SMILES string of the molecule is CCC(C)(C)C(=O)OCOC(=O)OC1C2CC3CC(C2)C(=O)OC1C3. The highest BCUT2D eigenvalue weighted by Gasteiger charge is 2.51. The van der Waals surface area contributed by atoms with Gasteiger partial charge in [0.1, 0.15) is 12.2 Å². The van der Waals surface area contributed by atoms with E-state index in [0.29, 0.717) is 18.8 Å². The number of esters is 2. The minimum atomic E-state index is -0.893. The molecule has 4 fully saturated rings. The molecule has 4 rings (SSSR count). The Balaban J connectivity index is 1.50. The largest absolute Gasteiger partial charge is 0.511 e. The summed E-state index contributed by atoms with van der Waals surface area (Å²) in [6.45, 7) is 4.93. The average Bonchev–Trinajstić information content (AvgIpc) is 2.72. The Bertz CT molecular complexity index is 556. The lowest BCUT2D eigenvalue weighted by molar-refractivity contribution is -0.168. The van der Waals surface area contributed by atoms with Gasteiger partial charge in [0.15, 0.2) is 0 Å². The van der Waals surface area contributed by atoms with Gasteiger partial charge in [0, 0.05) is 5.92 Å². The summed E-state index contributed by atoms with van der Waals surface area (Å²) in [4.78, 5) is 35.8. The lowest BCUT2D eigenvalue weighted by Crippen LogP contribution is -2.45. The van der Waals surface area contributed by atoms with E-state index in [1.165, 1.54) is 0 Å². The molecule has 4 aliphatic rings. The van der Waals surface area contributed by atoms with Gasteiger partial charge < -0.3 is 18.9 Å². The lowest BCUT2D eigenvalue weighted by Gasteiger charge is -2.40. The molecule has 25 heavy (non-hydrogen) atoms. The molecule has 0 aromatic carbocycles. The van der Waals surface area contributed by atoms with Crippen LogP contribution in [0.15, 0.2) is 0 Å². The van der Waals surface area contributed by atoms with E-state index in [-0.39, 0.29) is 17.8 Å². The maximum Gasteiger partial charge on any atom is 0.511 e. The fourth-order valence-electron chi connectivity index (χ4n) is 4.05. The first-order valence-corrected chi connectivity index (χ1v) is 9.01. The Morgan fingerprint density at radius 3 is 2.64 bits per heavy atom. The summed E-state index contributed by atoms with van der Waals surface area (Å²) in [7, 11) is 0. The molecule has 4 bridgehead atoms. The summed E-state index contributed by atoms with van der Waals surface area (Å²) in [6.07, 6.45) is 2.12. The molecular formula is C18H26O7. The van der Waals surface area contributed by atoms with E-state index in [1.807, 2.05) is 6.92 Å². The molecule has 2 heterocycles. The summed E-state index contributed by atoms with van der Waals surface area (Å²) in [5.74, 6) is -0.0810. The molecule has 2 aliphatic heterocycles. The number of rotatable bonds is 5. The molecule has 140 valence electrons. The number of carbonyl (C=O) groups is 3. The highest BCUT2D eigenvalue weighted by atomic mass is 16.8. The maximum atomic E-state index is 12.0. The van der Waals surface area contributed by atoms with Crippen molar-refractivity contribution in [2.75, 3.05) is 6.79 Å². The Labute approximate surface area is 147 Å².